The number of aryl methyl sites for hydroxylation is 1. The zero-order valence-electron chi connectivity index (χ0n) is 18.5. The zero-order valence-corrected chi connectivity index (χ0v) is 21.7. The first kappa shape index (κ1) is 24.1. The Hall–Kier alpha value is -3.57. The van der Waals surface area contributed by atoms with Crippen LogP contribution in [-0.2, 0) is 4.79 Å². The summed E-state index contributed by atoms with van der Waals surface area (Å²) >= 11 is 19.0. The maximum absolute atomic E-state index is 12.3. The molecular formula is C24H16Cl2N6O2S2. The van der Waals surface area contributed by atoms with E-state index in [1.54, 1.807) is 34.8 Å². The topological polar surface area (TPSA) is 97.3 Å². The Labute approximate surface area is 224 Å². The third-order valence-electron chi connectivity index (χ3n) is 5.02. The molecule has 1 amide bonds. The van der Waals surface area contributed by atoms with Crippen molar-refractivity contribution in [3.05, 3.63) is 82.3 Å². The number of rotatable bonds is 5. The summed E-state index contributed by atoms with van der Waals surface area (Å²) in [5, 5.41) is 20.0. The summed E-state index contributed by atoms with van der Waals surface area (Å²) in [6.45, 7) is 1.85. The van der Waals surface area contributed by atoms with E-state index in [0.29, 0.717) is 27.1 Å². The van der Waals surface area contributed by atoms with E-state index >= 15 is 0 Å². The van der Waals surface area contributed by atoms with E-state index in [9.17, 15) is 4.79 Å². The molecule has 0 saturated heterocycles. The highest BCUT2D eigenvalue weighted by molar-refractivity contribution is 7.80. The number of aromatic nitrogens is 4. The highest BCUT2D eigenvalue weighted by atomic mass is 35.5. The van der Waals surface area contributed by atoms with Crippen LogP contribution in [0, 0.1) is 6.92 Å². The Morgan fingerprint density at radius 3 is 2.69 bits per heavy atom. The molecule has 0 unspecified atom stereocenters. The fourth-order valence-corrected chi connectivity index (χ4v) is 4.79. The number of furan rings is 1. The second-order valence-electron chi connectivity index (χ2n) is 7.51. The van der Waals surface area contributed by atoms with Gasteiger partial charge in [0.05, 0.1) is 10.0 Å². The van der Waals surface area contributed by atoms with Crippen molar-refractivity contribution in [3.63, 3.8) is 0 Å². The quantitative estimate of drug-likeness (QED) is 0.195. The first-order valence-corrected chi connectivity index (χ1v) is 12.5. The smallest absolute Gasteiger partial charge is 0.250 e. The van der Waals surface area contributed by atoms with Crippen LogP contribution in [0.3, 0.4) is 0 Å². The van der Waals surface area contributed by atoms with Crippen molar-refractivity contribution in [2.24, 2.45) is 0 Å². The van der Waals surface area contributed by atoms with Gasteiger partial charge in [0.2, 0.25) is 10.9 Å². The van der Waals surface area contributed by atoms with Gasteiger partial charge in [-0.3, -0.25) is 10.1 Å². The van der Waals surface area contributed by atoms with Gasteiger partial charge < -0.3 is 9.73 Å². The van der Waals surface area contributed by atoms with Crippen molar-refractivity contribution < 1.29 is 9.21 Å². The van der Waals surface area contributed by atoms with Crippen LogP contribution in [0.5, 0.6) is 0 Å². The minimum atomic E-state index is -0.405. The molecule has 2 N–H and O–H groups in total. The third kappa shape index (κ3) is 5.17. The lowest BCUT2D eigenvalue weighted by atomic mass is 10.2. The van der Waals surface area contributed by atoms with E-state index in [4.69, 9.17) is 39.8 Å². The van der Waals surface area contributed by atoms with E-state index in [2.05, 4.69) is 25.9 Å². The van der Waals surface area contributed by atoms with E-state index in [-0.39, 0.29) is 5.11 Å². The van der Waals surface area contributed by atoms with Crippen LogP contribution in [0.25, 0.3) is 32.9 Å². The van der Waals surface area contributed by atoms with E-state index in [1.165, 1.54) is 23.5 Å². The number of anilines is 1. The molecule has 0 radical (unpaired) electrons. The molecule has 0 aliphatic heterocycles. The van der Waals surface area contributed by atoms with E-state index in [0.717, 1.165) is 27.0 Å². The second-order valence-corrected chi connectivity index (χ2v) is 9.66. The maximum Gasteiger partial charge on any atom is 0.250 e. The molecule has 3 aromatic heterocycles. The summed E-state index contributed by atoms with van der Waals surface area (Å²) in [7, 11) is 0. The highest BCUT2D eigenvalue weighted by Crippen LogP contribution is 2.34. The summed E-state index contributed by atoms with van der Waals surface area (Å²) < 4.78 is 7.46. The van der Waals surface area contributed by atoms with E-state index in [1.807, 2.05) is 31.2 Å². The summed E-state index contributed by atoms with van der Waals surface area (Å²) in [6.07, 6.45) is 2.87. The number of carbonyl (C=O) groups excluding carboxylic acids is 1. The molecule has 3 heterocycles. The van der Waals surface area contributed by atoms with Crippen LogP contribution in [0.1, 0.15) is 11.6 Å². The van der Waals surface area contributed by atoms with Gasteiger partial charge in [-0.25, -0.2) is 0 Å². The SMILES string of the molecule is Cc1nnc2sc(-c3ccc(NC(=S)NC(=O)C=Cc4ccc(-c5cccc(Cl)c5Cl)o4)cc3)nn12. The van der Waals surface area contributed by atoms with Crippen LogP contribution in [0.4, 0.5) is 5.69 Å². The van der Waals surface area contributed by atoms with Crippen LogP contribution < -0.4 is 10.6 Å². The molecule has 0 bridgehead atoms. The molecule has 0 saturated carbocycles. The van der Waals surface area contributed by atoms with Gasteiger partial charge in [0, 0.05) is 22.9 Å². The maximum atomic E-state index is 12.3. The Morgan fingerprint density at radius 2 is 1.92 bits per heavy atom. The van der Waals surface area contributed by atoms with E-state index < -0.39 is 5.91 Å². The van der Waals surface area contributed by atoms with Gasteiger partial charge in [-0.15, -0.1) is 10.2 Å². The molecule has 12 heteroatoms. The number of amides is 1. The van der Waals surface area contributed by atoms with Crippen molar-refractivity contribution in [1.29, 1.82) is 0 Å². The molecule has 0 aliphatic rings. The minimum Gasteiger partial charge on any atom is -0.457 e. The average Bonchev–Trinajstić information content (AvgIpc) is 3.58. The number of thiocarbonyl (C=S) groups is 1. The predicted molar refractivity (Wildman–Crippen MR) is 146 cm³/mol. The molecule has 36 heavy (non-hydrogen) atoms. The molecule has 5 aromatic rings. The van der Waals surface area contributed by atoms with Crippen molar-refractivity contribution in [3.8, 4) is 21.9 Å². The third-order valence-corrected chi connectivity index (χ3v) is 6.99. The molecule has 2 aromatic carbocycles. The Bertz CT molecular complexity index is 1620. The summed E-state index contributed by atoms with van der Waals surface area (Å²) in [5.41, 5.74) is 2.33. The van der Waals surface area contributed by atoms with Crippen molar-refractivity contribution in [2.45, 2.75) is 6.92 Å². The average molecular weight is 555 g/mol. The van der Waals surface area contributed by atoms with Gasteiger partial charge in [-0.2, -0.15) is 9.61 Å². The lowest BCUT2D eigenvalue weighted by Crippen LogP contribution is -2.32. The minimum absolute atomic E-state index is 0.165. The summed E-state index contributed by atoms with van der Waals surface area (Å²) in [5.74, 6) is 1.35. The fourth-order valence-electron chi connectivity index (χ4n) is 3.28. The van der Waals surface area contributed by atoms with Crippen LogP contribution in [0.15, 0.2) is 65.1 Å². The van der Waals surface area contributed by atoms with Gasteiger partial charge in [0.1, 0.15) is 16.5 Å². The number of halogens is 2. The monoisotopic (exact) mass is 554 g/mol. The molecule has 0 spiro atoms. The number of fused-ring (bicyclic) bond motifs is 1. The largest absolute Gasteiger partial charge is 0.457 e. The number of nitrogens with zero attached hydrogens (tertiary/aromatic N) is 4. The first-order valence-electron chi connectivity index (χ1n) is 10.5. The van der Waals surface area contributed by atoms with Crippen LogP contribution in [0.2, 0.25) is 10.0 Å². The van der Waals surface area contributed by atoms with Crippen molar-refractivity contribution >= 4 is 74.5 Å². The molecule has 0 atom stereocenters. The molecule has 180 valence electrons. The van der Waals surface area contributed by atoms with Gasteiger partial charge in [0.15, 0.2) is 10.9 Å². The van der Waals surface area contributed by atoms with Gasteiger partial charge in [-0.1, -0.05) is 40.6 Å². The summed E-state index contributed by atoms with van der Waals surface area (Å²) in [4.78, 5) is 13.0. The fraction of sp³-hybridized carbons (Fsp3) is 0.0417. The van der Waals surface area contributed by atoms with Crippen molar-refractivity contribution in [1.82, 2.24) is 25.1 Å². The molecule has 5 rings (SSSR count). The lowest BCUT2D eigenvalue weighted by molar-refractivity contribution is -0.115. The Morgan fingerprint density at radius 1 is 1.11 bits per heavy atom. The standard InChI is InChI=1S/C24H16Cl2N6O2S2/c1-13-29-30-24-32(13)31-22(36-24)14-5-7-15(8-6-14)27-23(35)28-20(33)12-10-16-9-11-19(34-16)17-3-2-4-18(25)21(17)26/h2-12H,1H3,(H2,27,28,33,35). The highest BCUT2D eigenvalue weighted by Gasteiger charge is 2.12. The van der Waals surface area contributed by atoms with Gasteiger partial charge in [0.25, 0.3) is 0 Å². The molecular weight excluding hydrogens is 539 g/mol. The zero-order chi connectivity index (χ0) is 25.2. The number of nitrogens with one attached hydrogen (secondary N) is 2. The Kier molecular flexibility index (Phi) is 6.84. The Balaban J connectivity index is 1.17. The molecule has 0 fully saturated rings. The number of hydrogen-bond donors (Lipinski definition) is 2. The van der Waals surface area contributed by atoms with Gasteiger partial charge >= 0.3 is 0 Å². The first-order chi connectivity index (χ1) is 17.4. The van der Waals surface area contributed by atoms with Crippen LogP contribution >= 0.6 is 46.8 Å². The summed E-state index contributed by atoms with van der Waals surface area (Å²) in [6, 6.07) is 16.3. The predicted octanol–water partition coefficient (Wildman–Crippen LogP) is 6.25. The number of carbonyl (C=O) groups is 1. The molecule has 0 aliphatic carbocycles. The van der Waals surface area contributed by atoms with Crippen LogP contribution in [-0.4, -0.2) is 30.8 Å². The lowest BCUT2D eigenvalue weighted by Gasteiger charge is -2.08. The normalized spacial score (nSPS) is 11.3. The number of benzene rings is 2. The number of hydrogen-bond acceptors (Lipinski definition) is 7. The second kappa shape index (κ2) is 10.2. The van der Waals surface area contributed by atoms with Gasteiger partial charge in [-0.05, 0) is 73.7 Å². The molecule has 8 nitrogen and oxygen atoms in total. The van der Waals surface area contributed by atoms with Crippen molar-refractivity contribution in [2.75, 3.05) is 5.32 Å².